The molecule has 0 saturated heterocycles. The molecule has 0 saturated carbocycles. The summed E-state index contributed by atoms with van der Waals surface area (Å²) in [5.74, 6) is 0.0696. The molecule has 0 radical (unpaired) electrons. The van der Waals surface area contributed by atoms with Gasteiger partial charge < -0.3 is 10.1 Å². The molecule has 7 heteroatoms. The molecule has 4 aromatic rings. The lowest BCUT2D eigenvalue weighted by Gasteiger charge is -2.13. The number of benzene rings is 2. The zero-order chi connectivity index (χ0) is 22.7. The Morgan fingerprint density at radius 1 is 1.12 bits per heavy atom. The van der Waals surface area contributed by atoms with Crippen molar-refractivity contribution in [1.82, 2.24) is 14.8 Å². The Labute approximate surface area is 185 Å². The van der Waals surface area contributed by atoms with Crippen LogP contribution in [0.1, 0.15) is 28.4 Å². The fourth-order valence-electron chi connectivity index (χ4n) is 3.46. The van der Waals surface area contributed by atoms with E-state index < -0.39 is 11.8 Å². The molecule has 162 valence electrons. The number of aryl methyl sites for hydroxylation is 2. The van der Waals surface area contributed by atoms with Gasteiger partial charge in [-0.2, -0.15) is 9.78 Å². The number of carbonyl (C=O) groups excluding carboxylic acids is 1. The van der Waals surface area contributed by atoms with Crippen molar-refractivity contribution >= 4 is 17.5 Å². The van der Waals surface area contributed by atoms with E-state index in [1.54, 1.807) is 10.9 Å². The second-order valence-corrected chi connectivity index (χ2v) is 7.33. The molecule has 0 atom stereocenters. The van der Waals surface area contributed by atoms with Gasteiger partial charge in [-0.15, -0.1) is 0 Å². The molecule has 0 aliphatic carbocycles. The van der Waals surface area contributed by atoms with Gasteiger partial charge in [0.05, 0.1) is 24.1 Å². The van der Waals surface area contributed by atoms with Crippen molar-refractivity contribution in [2.24, 2.45) is 0 Å². The molecule has 2 aromatic carbocycles. The summed E-state index contributed by atoms with van der Waals surface area (Å²) >= 11 is 0. The van der Waals surface area contributed by atoms with Crippen molar-refractivity contribution < 1.29 is 13.9 Å². The van der Waals surface area contributed by atoms with Gasteiger partial charge in [0.25, 0.3) is 0 Å². The second kappa shape index (κ2) is 9.01. The minimum atomic E-state index is -0.636. The van der Waals surface area contributed by atoms with Crippen LogP contribution in [0.15, 0.2) is 66.9 Å². The highest BCUT2D eigenvalue weighted by atomic mass is 19.1. The number of nitrogens with one attached hydrogen (secondary N) is 1. The minimum Gasteiger partial charge on any atom is -0.465 e. The third kappa shape index (κ3) is 4.23. The smallest absolute Gasteiger partial charge is 0.340 e. The Kier molecular flexibility index (Phi) is 5.98. The lowest BCUT2D eigenvalue weighted by Crippen LogP contribution is -2.10. The Bertz CT molecular complexity index is 1280. The number of anilines is 2. The first-order chi connectivity index (χ1) is 15.5. The number of pyridine rings is 1. The average molecular weight is 430 g/mol. The molecule has 0 spiro atoms. The maximum absolute atomic E-state index is 13.8. The van der Waals surface area contributed by atoms with Gasteiger partial charge in [-0.05, 0) is 54.8 Å². The molecule has 0 aliphatic rings. The molecule has 1 N–H and O–H groups in total. The maximum Gasteiger partial charge on any atom is 0.340 e. The highest BCUT2D eigenvalue weighted by molar-refractivity contribution is 5.96. The van der Waals surface area contributed by atoms with Gasteiger partial charge in [-0.1, -0.05) is 31.2 Å². The number of hydrogen-bond acceptors (Lipinski definition) is 5. The number of halogens is 1. The quantitative estimate of drug-likeness (QED) is 0.411. The molecule has 2 heterocycles. The zero-order valence-corrected chi connectivity index (χ0v) is 18.1. The van der Waals surface area contributed by atoms with Gasteiger partial charge in [0.15, 0.2) is 5.82 Å². The fourth-order valence-corrected chi connectivity index (χ4v) is 3.46. The summed E-state index contributed by atoms with van der Waals surface area (Å²) in [5, 5.41) is 8.02. The van der Waals surface area contributed by atoms with E-state index >= 15 is 0 Å². The van der Waals surface area contributed by atoms with E-state index in [0.29, 0.717) is 17.3 Å². The number of rotatable bonds is 6. The van der Waals surface area contributed by atoms with Crippen LogP contribution < -0.4 is 5.32 Å². The molecule has 4 rings (SSSR count). The van der Waals surface area contributed by atoms with E-state index in [-0.39, 0.29) is 5.56 Å². The number of aromatic nitrogens is 3. The van der Waals surface area contributed by atoms with Gasteiger partial charge in [-0.3, -0.25) is 0 Å². The first-order valence-corrected chi connectivity index (χ1v) is 10.3. The zero-order valence-electron chi connectivity index (χ0n) is 18.1. The molecule has 6 nitrogen and oxygen atoms in total. The summed E-state index contributed by atoms with van der Waals surface area (Å²) in [4.78, 5) is 16.7. The lowest BCUT2D eigenvalue weighted by atomic mass is 10.1. The van der Waals surface area contributed by atoms with Gasteiger partial charge in [0, 0.05) is 17.8 Å². The molecule has 0 amide bonds. The Balaban J connectivity index is 1.85. The van der Waals surface area contributed by atoms with Crippen LogP contribution in [-0.4, -0.2) is 27.8 Å². The SMILES string of the molecule is CCc1cccc(-c2cc(Nc3ccc(F)cc3C(=O)OC)n(-c3ncccc3C)n2)c1. The summed E-state index contributed by atoms with van der Waals surface area (Å²) in [6.07, 6.45) is 2.61. The molecule has 0 fully saturated rings. The normalized spacial score (nSPS) is 10.8. The molecule has 2 aromatic heterocycles. The third-order valence-electron chi connectivity index (χ3n) is 5.17. The van der Waals surface area contributed by atoms with Crippen LogP contribution >= 0.6 is 0 Å². The molecule has 0 bridgehead atoms. The average Bonchev–Trinajstić information content (AvgIpc) is 3.23. The Morgan fingerprint density at radius 3 is 2.72 bits per heavy atom. The lowest BCUT2D eigenvalue weighted by molar-refractivity contribution is 0.0601. The van der Waals surface area contributed by atoms with Crippen molar-refractivity contribution in [3.8, 4) is 17.1 Å². The number of methoxy groups -OCH3 is 1. The van der Waals surface area contributed by atoms with Crippen molar-refractivity contribution in [3.63, 3.8) is 0 Å². The summed E-state index contributed by atoms with van der Waals surface area (Å²) in [7, 11) is 1.26. The van der Waals surface area contributed by atoms with Crippen molar-refractivity contribution in [2.45, 2.75) is 20.3 Å². The van der Waals surface area contributed by atoms with Crippen molar-refractivity contribution in [1.29, 1.82) is 0 Å². The van der Waals surface area contributed by atoms with E-state index in [0.717, 1.165) is 29.3 Å². The van der Waals surface area contributed by atoms with Crippen LogP contribution in [0.4, 0.5) is 15.9 Å². The van der Waals surface area contributed by atoms with Crippen molar-refractivity contribution in [3.05, 3.63) is 89.4 Å². The summed E-state index contributed by atoms with van der Waals surface area (Å²) < 4.78 is 20.3. The standard InChI is InChI=1S/C25H23FN4O2/c1-4-17-8-5-9-18(13-17)22-15-23(30(29-22)24-16(2)7-6-12-27-24)28-21-11-10-19(26)14-20(21)25(31)32-3/h5-15,28H,4H2,1-3H3. The van der Waals surface area contributed by atoms with Crippen molar-refractivity contribution in [2.75, 3.05) is 12.4 Å². The predicted molar refractivity (Wildman–Crippen MR) is 122 cm³/mol. The van der Waals surface area contributed by atoms with E-state index in [2.05, 4.69) is 29.4 Å². The highest BCUT2D eigenvalue weighted by Crippen LogP contribution is 2.30. The second-order valence-electron chi connectivity index (χ2n) is 7.33. The Hall–Kier alpha value is -4.00. The first-order valence-electron chi connectivity index (χ1n) is 10.3. The molecular formula is C25H23FN4O2. The minimum absolute atomic E-state index is 0.0903. The maximum atomic E-state index is 13.8. The number of nitrogens with zero attached hydrogens (tertiary/aromatic N) is 3. The summed E-state index contributed by atoms with van der Waals surface area (Å²) in [6, 6.07) is 17.8. The van der Waals surface area contributed by atoms with Gasteiger partial charge in [0.1, 0.15) is 11.6 Å². The molecular weight excluding hydrogens is 407 g/mol. The van der Waals surface area contributed by atoms with Crippen LogP contribution in [0.25, 0.3) is 17.1 Å². The van der Waals surface area contributed by atoms with E-state index in [9.17, 15) is 9.18 Å². The highest BCUT2D eigenvalue weighted by Gasteiger charge is 2.18. The van der Waals surface area contributed by atoms with E-state index in [4.69, 9.17) is 9.84 Å². The molecule has 0 unspecified atom stereocenters. The van der Waals surface area contributed by atoms with Gasteiger partial charge >= 0.3 is 5.97 Å². The number of hydrogen-bond donors (Lipinski definition) is 1. The van der Waals surface area contributed by atoms with Crippen LogP contribution in [0.2, 0.25) is 0 Å². The summed E-state index contributed by atoms with van der Waals surface area (Å²) in [6.45, 7) is 4.05. The predicted octanol–water partition coefficient (Wildman–Crippen LogP) is 5.47. The van der Waals surface area contributed by atoms with E-state index in [1.165, 1.54) is 24.8 Å². The van der Waals surface area contributed by atoms with Crippen LogP contribution in [0.5, 0.6) is 0 Å². The first kappa shape index (κ1) is 21.2. The largest absolute Gasteiger partial charge is 0.465 e. The van der Waals surface area contributed by atoms with E-state index in [1.807, 2.05) is 37.3 Å². The van der Waals surface area contributed by atoms with Gasteiger partial charge in [0.2, 0.25) is 0 Å². The van der Waals surface area contributed by atoms with Crippen LogP contribution in [0.3, 0.4) is 0 Å². The Morgan fingerprint density at radius 2 is 1.97 bits per heavy atom. The van der Waals surface area contributed by atoms with Gasteiger partial charge in [-0.25, -0.2) is 14.2 Å². The monoisotopic (exact) mass is 430 g/mol. The van der Waals surface area contributed by atoms with Crippen LogP contribution in [0, 0.1) is 12.7 Å². The fraction of sp³-hybridized carbons (Fsp3) is 0.160. The summed E-state index contributed by atoms with van der Waals surface area (Å²) in [5.41, 5.74) is 4.34. The number of esters is 1. The molecule has 32 heavy (non-hydrogen) atoms. The number of carbonyl (C=O) groups is 1. The topological polar surface area (TPSA) is 69.0 Å². The van der Waals surface area contributed by atoms with Crippen LogP contribution in [-0.2, 0) is 11.2 Å². The number of ether oxygens (including phenoxy) is 1. The molecule has 0 aliphatic heterocycles. The third-order valence-corrected chi connectivity index (χ3v) is 5.17.